The van der Waals surface area contributed by atoms with Crippen LogP contribution in [0.3, 0.4) is 0 Å². The summed E-state index contributed by atoms with van der Waals surface area (Å²) in [6, 6.07) is 1.86. The largest absolute Gasteiger partial charge is 0.390 e. The molecule has 0 aliphatic heterocycles. The summed E-state index contributed by atoms with van der Waals surface area (Å²) in [4.78, 5) is 3.92. The van der Waals surface area contributed by atoms with Crippen LogP contribution in [0.25, 0.3) is 0 Å². The van der Waals surface area contributed by atoms with Crippen molar-refractivity contribution in [1.82, 2.24) is 4.98 Å². The highest BCUT2D eigenvalue weighted by Crippen LogP contribution is 2.24. The molecule has 1 aromatic heterocycles. The van der Waals surface area contributed by atoms with E-state index < -0.39 is 5.60 Å². The highest BCUT2D eigenvalue weighted by atomic mass is 35.5. The fourth-order valence-electron chi connectivity index (χ4n) is 1.91. The number of aromatic nitrogens is 1. The lowest BCUT2D eigenvalue weighted by Crippen LogP contribution is -2.29. The third kappa shape index (κ3) is 4.18. The fourth-order valence-corrected chi connectivity index (χ4v) is 2.10. The number of hydrogen-bond donors (Lipinski definition) is 1. The van der Waals surface area contributed by atoms with E-state index in [4.69, 9.17) is 11.6 Å². The summed E-state index contributed by atoms with van der Waals surface area (Å²) in [6.45, 7) is 6.05. The van der Waals surface area contributed by atoms with Crippen molar-refractivity contribution in [3.05, 3.63) is 29.0 Å². The summed E-state index contributed by atoms with van der Waals surface area (Å²) in [6.07, 6.45) is 4.66. The second-order valence-electron chi connectivity index (χ2n) is 4.74. The quantitative estimate of drug-likeness (QED) is 0.858. The van der Waals surface area contributed by atoms with E-state index in [1.807, 2.05) is 13.0 Å². The van der Waals surface area contributed by atoms with Crippen LogP contribution in [-0.2, 0) is 6.42 Å². The Balaban J connectivity index is 2.73. The van der Waals surface area contributed by atoms with Crippen LogP contribution >= 0.6 is 11.6 Å². The molecule has 1 rings (SSSR count). The van der Waals surface area contributed by atoms with Crippen molar-refractivity contribution in [3.8, 4) is 0 Å². The van der Waals surface area contributed by atoms with Crippen LogP contribution in [0, 0.1) is 5.92 Å². The van der Waals surface area contributed by atoms with Crippen molar-refractivity contribution in [2.24, 2.45) is 5.92 Å². The minimum absolute atomic E-state index is 0.473. The maximum absolute atomic E-state index is 10.2. The van der Waals surface area contributed by atoms with Gasteiger partial charge >= 0.3 is 0 Å². The van der Waals surface area contributed by atoms with Gasteiger partial charge in [0.2, 0.25) is 0 Å². The molecule has 0 aliphatic carbocycles. The Labute approximate surface area is 96.3 Å². The van der Waals surface area contributed by atoms with Crippen molar-refractivity contribution in [2.75, 3.05) is 0 Å². The monoisotopic (exact) mass is 227 g/mol. The van der Waals surface area contributed by atoms with E-state index in [0.717, 1.165) is 12.0 Å². The number of aliphatic hydroxyl groups is 1. The van der Waals surface area contributed by atoms with Crippen molar-refractivity contribution in [2.45, 2.75) is 39.2 Å². The summed E-state index contributed by atoms with van der Waals surface area (Å²) < 4.78 is 0. The first-order valence-electron chi connectivity index (χ1n) is 5.21. The van der Waals surface area contributed by atoms with Crippen LogP contribution in [-0.4, -0.2) is 15.7 Å². The molecule has 15 heavy (non-hydrogen) atoms. The maximum atomic E-state index is 10.2. The van der Waals surface area contributed by atoms with Gasteiger partial charge < -0.3 is 5.11 Å². The van der Waals surface area contributed by atoms with Gasteiger partial charge in [-0.15, -0.1) is 0 Å². The molecule has 0 saturated carbocycles. The zero-order chi connectivity index (χ0) is 11.5. The second-order valence-corrected chi connectivity index (χ2v) is 5.15. The molecule has 0 radical (unpaired) electrons. The molecule has 0 amide bonds. The van der Waals surface area contributed by atoms with E-state index in [9.17, 15) is 5.11 Å². The van der Waals surface area contributed by atoms with Crippen molar-refractivity contribution in [1.29, 1.82) is 0 Å². The van der Waals surface area contributed by atoms with E-state index in [1.54, 1.807) is 12.4 Å². The minimum Gasteiger partial charge on any atom is -0.390 e. The van der Waals surface area contributed by atoms with Gasteiger partial charge in [-0.2, -0.15) is 0 Å². The summed E-state index contributed by atoms with van der Waals surface area (Å²) >= 11 is 5.99. The molecule has 84 valence electrons. The zero-order valence-electron chi connectivity index (χ0n) is 9.50. The standard InChI is InChI=1S/C12H18ClNO/c1-9(2)6-12(3,15)7-10-4-5-14-8-11(10)13/h4-5,8-9,15H,6-7H2,1-3H3. The Bertz CT molecular complexity index is 323. The number of rotatable bonds is 4. The van der Waals surface area contributed by atoms with E-state index in [0.29, 0.717) is 17.4 Å². The lowest BCUT2D eigenvalue weighted by Gasteiger charge is -2.25. The summed E-state index contributed by atoms with van der Waals surface area (Å²) in [5, 5.41) is 10.8. The molecule has 1 atom stereocenters. The first kappa shape index (κ1) is 12.5. The smallest absolute Gasteiger partial charge is 0.0662 e. The van der Waals surface area contributed by atoms with Gasteiger partial charge in [0.05, 0.1) is 10.6 Å². The van der Waals surface area contributed by atoms with Gasteiger partial charge in [-0.05, 0) is 30.9 Å². The van der Waals surface area contributed by atoms with E-state index >= 15 is 0 Å². The molecule has 3 heteroatoms. The number of nitrogens with zero attached hydrogens (tertiary/aromatic N) is 1. The molecule has 0 spiro atoms. The van der Waals surface area contributed by atoms with E-state index in [1.165, 1.54) is 0 Å². The van der Waals surface area contributed by atoms with Gasteiger partial charge in [0, 0.05) is 18.8 Å². The maximum Gasteiger partial charge on any atom is 0.0662 e. The van der Waals surface area contributed by atoms with Crippen LogP contribution in [0.5, 0.6) is 0 Å². The third-order valence-corrected chi connectivity index (χ3v) is 2.62. The average Bonchev–Trinajstić information content (AvgIpc) is 2.06. The molecular formula is C12H18ClNO. The molecule has 1 unspecified atom stereocenters. The van der Waals surface area contributed by atoms with Crippen LogP contribution in [0.2, 0.25) is 5.02 Å². The minimum atomic E-state index is -0.695. The summed E-state index contributed by atoms with van der Waals surface area (Å²) in [5.74, 6) is 0.473. The van der Waals surface area contributed by atoms with Gasteiger partial charge in [0.1, 0.15) is 0 Å². The number of hydrogen-bond acceptors (Lipinski definition) is 2. The Morgan fingerprint density at radius 3 is 2.73 bits per heavy atom. The molecule has 0 bridgehead atoms. The summed E-state index contributed by atoms with van der Waals surface area (Å²) in [7, 11) is 0. The topological polar surface area (TPSA) is 33.1 Å². The van der Waals surface area contributed by atoms with Gasteiger partial charge in [-0.25, -0.2) is 0 Å². The number of pyridine rings is 1. The van der Waals surface area contributed by atoms with Gasteiger partial charge in [0.15, 0.2) is 0 Å². The Morgan fingerprint density at radius 1 is 1.53 bits per heavy atom. The summed E-state index contributed by atoms with van der Waals surface area (Å²) in [5.41, 5.74) is 0.261. The van der Waals surface area contributed by atoms with Crippen LogP contribution in [0.1, 0.15) is 32.8 Å². The van der Waals surface area contributed by atoms with Gasteiger partial charge in [-0.1, -0.05) is 25.4 Å². The normalized spacial score (nSPS) is 15.3. The second kappa shape index (κ2) is 4.95. The van der Waals surface area contributed by atoms with Crippen LogP contribution in [0.4, 0.5) is 0 Å². The first-order valence-corrected chi connectivity index (χ1v) is 5.59. The molecular weight excluding hydrogens is 210 g/mol. The van der Waals surface area contributed by atoms with E-state index in [-0.39, 0.29) is 0 Å². The molecule has 1 N–H and O–H groups in total. The average molecular weight is 228 g/mol. The van der Waals surface area contributed by atoms with Crippen molar-refractivity contribution < 1.29 is 5.11 Å². The Kier molecular flexibility index (Phi) is 4.12. The van der Waals surface area contributed by atoms with Gasteiger partial charge in [-0.3, -0.25) is 4.98 Å². The third-order valence-electron chi connectivity index (χ3n) is 2.28. The Hall–Kier alpha value is -0.600. The molecule has 1 heterocycles. The Morgan fingerprint density at radius 2 is 2.20 bits per heavy atom. The predicted molar refractivity (Wildman–Crippen MR) is 63.0 cm³/mol. The number of halogens is 1. The van der Waals surface area contributed by atoms with Crippen molar-refractivity contribution >= 4 is 11.6 Å². The molecule has 0 fully saturated rings. The highest BCUT2D eigenvalue weighted by Gasteiger charge is 2.23. The fraction of sp³-hybridized carbons (Fsp3) is 0.583. The predicted octanol–water partition coefficient (Wildman–Crippen LogP) is 3.07. The SMILES string of the molecule is CC(C)CC(C)(O)Cc1ccncc1Cl. The van der Waals surface area contributed by atoms with Gasteiger partial charge in [0.25, 0.3) is 0 Å². The molecule has 1 aromatic rings. The van der Waals surface area contributed by atoms with E-state index in [2.05, 4.69) is 18.8 Å². The van der Waals surface area contributed by atoms with Crippen LogP contribution < -0.4 is 0 Å². The molecule has 2 nitrogen and oxygen atoms in total. The zero-order valence-corrected chi connectivity index (χ0v) is 10.3. The molecule has 0 aliphatic rings. The molecule has 0 saturated heterocycles. The lowest BCUT2D eigenvalue weighted by atomic mass is 9.88. The first-order chi connectivity index (χ1) is 6.91. The van der Waals surface area contributed by atoms with Crippen LogP contribution in [0.15, 0.2) is 18.5 Å². The lowest BCUT2D eigenvalue weighted by molar-refractivity contribution is 0.0388. The highest BCUT2D eigenvalue weighted by molar-refractivity contribution is 6.31. The molecule has 0 aromatic carbocycles. The van der Waals surface area contributed by atoms with Crippen molar-refractivity contribution in [3.63, 3.8) is 0 Å².